The van der Waals surface area contributed by atoms with Crippen LogP contribution in [-0.4, -0.2) is 21.1 Å². The largest absolute Gasteiger partial charge is 0.386 e. The third-order valence-corrected chi connectivity index (χ3v) is 1.91. The molecule has 0 saturated heterocycles. The minimum Gasteiger partial charge on any atom is -0.362 e. The highest BCUT2D eigenvalue weighted by Crippen LogP contribution is 2.09. The molecule has 7 heteroatoms. The van der Waals surface area contributed by atoms with Crippen LogP contribution in [0.2, 0.25) is 0 Å². The van der Waals surface area contributed by atoms with Gasteiger partial charge in [-0.05, 0) is 24.3 Å². The molecular weight excluding hydrogens is 222 g/mol. The van der Waals surface area contributed by atoms with Crippen LogP contribution >= 0.6 is 0 Å². The molecule has 6 nitrogen and oxygen atoms in total. The molecule has 15 heavy (non-hydrogen) atoms. The lowest BCUT2D eigenvalue weighted by molar-refractivity contribution is 0.0573. The summed E-state index contributed by atoms with van der Waals surface area (Å²) >= 11 is 0. The number of benzene rings is 1. The molecule has 0 amide bonds. The Hall–Kier alpha value is -1.60. The fourth-order valence-corrected chi connectivity index (χ4v) is 1.06. The highest BCUT2D eigenvalue weighted by atomic mass is 32.2. The molecule has 1 rings (SSSR count). The predicted molar refractivity (Wildman–Crippen MR) is 51.3 cm³/mol. The van der Waals surface area contributed by atoms with Gasteiger partial charge >= 0.3 is 5.97 Å². The Morgan fingerprint density at radius 1 is 1.27 bits per heavy atom. The van der Waals surface area contributed by atoms with Gasteiger partial charge in [0.15, 0.2) is 0 Å². The van der Waals surface area contributed by atoms with E-state index in [9.17, 15) is 18.3 Å². The Labute approximate surface area is 87.6 Å². The van der Waals surface area contributed by atoms with E-state index < -0.39 is 17.0 Å². The van der Waals surface area contributed by atoms with Crippen LogP contribution in [-0.2, 0) is 20.3 Å². The van der Waals surface area contributed by atoms with Crippen molar-refractivity contribution in [3.05, 3.63) is 29.8 Å². The normalized spacial score (nSPS) is 10.2. The van der Waals surface area contributed by atoms with Gasteiger partial charge in [0.2, 0.25) is 0 Å². The first-order chi connectivity index (χ1) is 7.09. The summed E-state index contributed by atoms with van der Waals surface area (Å²) < 4.78 is 24.3. The van der Waals surface area contributed by atoms with Crippen molar-refractivity contribution in [3.63, 3.8) is 0 Å². The number of nitrogens with one attached hydrogen (secondary N) is 1. The maximum Gasteiger partial charge on any atom is 0.386 e. The number of hydrogen-bond donors (Lipinski definition) is 2. The Kier molecular flexibility index (Phi) is 4.07. The number of rotatable bonds is 5. The van der Waals surface area contributed by atoms with Crippen molar-refractivity contribution in [1.29, 1.82) is 0 Å². The average Bonchev–Trinajstić information content (AvgIpc) is 2.18. The van der Waals surface area contributed by atoms with E-state index in [1.54, 1.807) is 0 Å². The van der Waals surface area contributed by atoms with Crippen molar-refractivity contribution in [3.8, 4) is 0 Å². The van der Waals surface area contributed by atoms with Gasteiger partial charge in [0.25, 0.3) is 11.0 Å². The number of anilines is 1. The van der Waals surface area contributed by atoms with E-state index >= 15 is 0 Å². The summed E-state index contributed by atoms with van der Waals surface area (Å²) in [6, 6.07) is 5.64. The summed E-state index contributed by atoms with van der Waals surface area (Å²) in [7, 11) is -2.88. The van der Waals surface area contributed by atoms with E-state index in [1.165, 1.54) is 24.3 Å². The second kappa shape index (κ2) is 5.32. The molecular formula is C8H8NO5S. The molecule has 0 bridgehead atoms. The summed E-state index contributed by atoms with van der Waals surface area (Å²) in [6.45, 7) is -0.191. The van der Waals surface area contributed by atoms with E-state index in [4.69, 9.17) is 0 Å². The van der Waals surface area contributed by atoms with E-state index in [2.05, 4.69) is 9.50 Å². The topological polar surface area (TPSA) is 92.4 Å². The summed E-state index contributed by atoms with van der Waals surface area (Å²) in [5.74, 6) is -1.26. The molecule has 0 aliphatic carbocycles. The number of carbonyl (C=O) groups is 1. The monoisotopic (exact) mass is 230 g/mol. The fourth-order valence-electron chi connectivity index (χ4n) is 0.892. The molecule has 81 valence electrons. The molecule has 0 aliphatic rings. The quantitative estimate of drug-likeness (QED) is 0.555. The third-order valence-electron chi connectivity index (χ3n) is 1.57. The van der Waals surface area contributed by atoms with Crippen LogP contribution in [0.15, 0.2) is 24.3 Å². The Morgan fingerprint density at radius 3 is 2.33 bits per heavy atom. The lowest BCUT2D eigenvalue weighted by Gasteiger charge is -2.03. The minimum absolute atomic E-state index is 0.0522. The first kappa shape index (κ1) is 11.5. The fraction of sp³-hybridized carbons (Fsp3) is 0.125. The lowest BCUT2D eigenvalue weighted by Crippen LogP contribution is -2.05. The SMILES string of the molecule is [O]C(=O)c1ccc(NCO[SH](=O)=O)cc1. The van der Waals surface area contributed by atoms with E-state index in [1.807, 2.05) is 0 Å². The van der Waals surface area contributed by atoms with Crippen LogP contribution in [0.1, 0.15) is 10.4 Å². The van der Waals surface area contributed by atoms with Crippen LogP contribution < -0.4 is 5.32 Å². The molecule has 1 aromatic carbocycles. The van der Waals surface area contributed by atoms with Crippen LogP contribution in [0.3, 0.4) is 0 Å². The van der Waals surface area contributed by atoms with Gasteiger partial charge in [0, 0.05) is 5.69 Å². The molecule has 0 spiro atoms. The molecule has 0 fully saturated rings. The van der Waals surface area contributed by atoms with Crippen molar-refractivity contribution >= 4 is 22.6 Å². The van der Waals surface area contributed by atoms with Gasteiger partial charge in [-0.3, -0.25) is 4.18 Å². The van der Waals surface area contributed by atoms with Crippen molar-refractivity contribution in [2.24, 2.45) is 0 Å². The lowest BCUT2D eigenvalue weighted by atomic mass is 10.2. The van der Waals surface area contributed by atoms with Gasteiger partial charge < -0.3 is 5.32 Å². The highest BCUT2D eigenvalue weighted by Gasteiger charge is 2.03. The second-order valence-corrected chi connectivity index (χ2v) is 3.24. The first-order valence-electron chi connectivity index (χ1n) is 3.92. The van der Waals surface area contributed by atoms with Gasteiger partial charge in [-0.1, -0.05) is 0 Å². The summed E-state index contributed by atoms with van der Waals surface area (Å²) in [6.07, 6.45) is 0. The molecule has 0 unspecified atom stereocenters. The van der Waals surface area contributed by atoms with Gasteiger partial charge in [0.05, 0.1) is 5.56 Å². The van der Waals surface area contributed by atoms with Crippen molar-refractivity contribution in [2.45, 2.75) is 0 Å². The summed E-state index contributed by atoms with van der Waals surface area (Å²) in [5.41, 5.74) is 0.605. The van der Waals surface area contributed by atoms with Crippen LogP contribution in [0.25, 0.3) is 0 Å². The van der Waals surface area contributed by atoms with Crippen molar-refractivity contribution in [2.75, 3.05) is 12.0 Å². The molecule has 1 radical (unpaired) electrons. The zero-order valence-electron chi connectivity index (χ0n) is 7.50. The number of hydrogen-bond acceptors (Lipinski definition) is 5. The number of carbonyl (C=O) groups excluding carboxylic acids is 1. The number of thiol groups is 1. The standard InChI is InChI=1S/C8H8NO5S/c10-8(11)6-1-3-7(4-2-6)9-5-14-15(12)13/h1-4,9,15H,5H2. The van der Waals surface area contributed by atoms with Gasteiger partial charge in [-0.2, -0.15) is 0 Å². The molecule has 0 saturated carbocycles. The Bertz CT molecular complexity index is 404. The predicted octanol–water partition coefficient (Wildman–Crippen LogP) is 0.170. The molecule has 1 N–H and O–H groups in total. The van der Waals surface area contributed by atoms with Crippen LogP contribution in [0, 0.1) is 0 Å². The van der Waals surface area contributed by atoms with Crippen molar-refractivity contribution in [1.82, 2.24) is 0 Å². The molecule has 0 atom stereocenters. The van der Waals surface area contributed by atoms with E-state index in [0.29, 0.717) is 5.69 Å². The van der Waals surface area contributed by atoms with Crippen molar-refractivity contribution < 1.29 is 22.5 Å². The molecule has 0 heterocycles. The summed E-state index contributed by atoms with van der Waals surface area (Å²) in [4.78, 5) is 10.4. The Morgan fingerprint density at radius 2 is 1.87 bits per heavy atom. The van der Waals surface area contributed by atoms with Gasteiger partial charge in [-0.25, -0.2) is 18.3 Å². The molecule has 0 aromatic heterocycles. The van der Waals surface area contributed by atoms with Gasteiger partial charge in [0.1, 0.15) is 6.73 Å². The smallest absolute Gasteiger partial charge is 0.362 e. The second-order valence-electron chi connectivity index (χ2n) is 2.54. The Balaban J connectivity index is 2.53. The molecule has 1 aromatic rings. The molecule has 0 aliphatic heterocycles. The van der Waals surface area contributed by atoms with E-state index in [-0.39, 0.29) is 12.3 Å². The zero-order chi connectivity index (χ0) is 11.3. The van der Waals surface area contributed by atoms with E-state index in [0.717, 1.165) is 0 Å². The maximum atomic E-state index is 10.4. The van der Waals surface area contributed by atoms with Gasteiger partial charge in [-0.15, -0.1) is 0 Å². The summed E-state index contributed by atoms with van der Waals surface area (Å²) in [5, 5.41) is 13.0. The maximum absolute atomic E-state index is 10.4. The minimum atomic E-state index is -2.88. The average molecular weight is 230 g/mol. The zero-order valence-corrected chi connectivity index (χ0v) is 8.40. The van der Waals surface area contributed by atoms with Crippen LogP contribution in [0.4, 0.5) is 5.69 Å². The highest BCUT2D eigenvalue weighted by molar-refractivity contribution is 7.67. The third kappa shape index (κ3) is 3.96. The first-order valence-corrected chi connectivity index (χ1v) is 5.02. The van der Waals surface area contributed by atoms with Crippen LogP contribution in [0.5, 0.6) is 0 Å².